The molecule has 3 heteroatoms. The first kappa shape index (κ1) is 8.14. The first-order valence-electron chi connectivity index (χ1n) is 3.28. The maximum atomic E-state index is 5.41. The van der Waals surface area contributed by atoms with E-state index in [4.69, 9.17) is 5.73 Å². The zero-order valence-corrected chi connectivity index (χ0v) is 6.97. The minimum Gasteiger partial charge on any atom is -0.384 e. The van der Waals surface area contributed by atoms with Gasteiger partial charge in [0.05, 0.1) is 0 Å². The van der Waals surface area contributed by atoms with Gasteiger partial charge in [-0.1, -0.05) is 6.08 Å². The molecule has 0 saturated carbocycles. The Hall–Kier alpha value is -0.960. The molecule has 1 rings (SSSR count). The van der Waals surface area contributed by atoms with Gasteiger partial charge >= 0.3 is 0 Å². The van der Waals surface area contributed by atoms with Crippen LogP contribution in [0.1, 0.15) is 0 Å². The van der Waals surface area contributed by atoms with E-state index in [0.29, 0.717) is 5.82 Å². The summed E-state index contributed by atoms with van der Waals surface area (Å²) in [7, 11) is 0. The van der Waals surface area contributed by atoms with E-state index in [0.717, 1.165) is 10.6 Å². The second-order valence-corrected chi connectivity index (χ2v) is 3.11. The fraction of sp³-hybridized carbons (Fsp3) is 0.125. The summed E-state index contributed by atoms with van der Waals surface area (Å²) in [5.41, 5.74) is 5.41. The number of anilines is 1. The number of aromatic nitrogens is 1. The van der Waals surface area contributed by atoms with Crippen molar-refractivity contribution in [2.75, 3.05) is 11.5 Å². The van der Waals surface area contributed by atoms with Gasteiger partial charge in [-0.25, -0.2) is 4.98 Å². The van der Waals surface area contributed by atoms with Crippen molar-refractivity contribution in [2.45, 2.75) is 4.90 Å². The van der Waals surface area contributed by atoms with Crippen molar-refractivity contribution >= 4 is 17.6 Å². The van der Waals surface area contributed by atoms with Gasteiger partial charge < -0.3 is 5.73 Å². The zero-order valence-electron chi connectivity index (χ0n) is 6.16. The Morgan fingerprint density at radius 1 is 1.64 bits per heavy atom. The van der Waals surface area contributed by atoms with Crippen LogP contribution >= 0.6 is 11.8 Å². The SMILES string of the molecule is C=CCSc1ccc(N)nc1. The lowest BCUT2D eigenvalue weighted by molar-refractivity contribution is 1.25. The van der Waals surface area contributed by atoms with Crippen LogP contribution in [0, 0.1) is 0 Å². The van der Waals surface area contributed by atoms with Crippen molar-refractivity contribution in [3.8, 4) is 0 Å². The van der Waals surface area contributed by atoms with Crippen LogP contribution in [-0.2, 0) is 0 Å². The van der Waals surface area contributed by atoms with Gasteiger partial charge in [-0.3, -0.25) is 0 Å². The molecule has 0 saturated heterocycles. The first-order valence-corrected chi connectivity index (χ1v) is 4.26. The van der Waals surface area contributed by atoms with E-state index in [1.165, 1.54) is 0 Å². The highest BCUT2D eigenvalue weighted by Crippen LogP contribution is 2.16. The molecular formula is C8H10N2S. The van der Waals surface area contributed by atoms with E-state index >= 15 is 0 Å². The summed E-state index contributed by atoms with van der Waals surface area (Å²) in [6.07, 6.45) is 3.63. The minimum atomic E-state index is 0.563. The van der Waals surface area contributed by atoms with Gasteiger partial charge in [0.2, 0.25) is 0 Å². The first-order chi connectivity index (χ1) is 5.33. The molecule has 0 radical (unpaired) electrons. The smallest absolute Gasteiger partial charge is 0.123 e. The van der Waals surface area contributed by atoms with Crippen LogP contribution in [0.5, 0.6) is 0 Å². The second kappa shape index (κ2) is 4.03. The predicted molar refractivity (Wildman–Crippen MR) is 49.6 cm³/mol. The fourth-order valence-electron chi connectivity index (χ4n) is 0.632. The van der Waals surface area contributed by atoms with Crippen LogP contribution in [0.4, 0.5) is 5.82 Å². The Bertz CT molecular complexity index is 230. The predicted octanol–water partition coefficient (Wildman–Crippen LogP) is 1.94. The third kappa shape index (κ3) is 2.63. The number of thioether (sulfide) groups is 1. The molecule has 0 spiro atoms. The second-order valence-electron chi connectivity index (χ2n) is 2.02. The maximum Gasteiger partial charge on any atom is 0.123 e. The number of rotatable bonds is 3. The Kier molecular flexibility index (Phi) is 2.98. The van der Waals surface area contributed by atoms with Crippen LogP contribution in [0.15, 0.2) is 35.9 Å². The molecule has 1 aromatic heterocycles. The quantitative estimate of drug-likeness (QED) is 0.551. The van der Waals surface area contributed by atoms with Crippen LogP contribution in [0.2, 0.25) is 0 Å². The number of nitrogen functional groups attached to an aromatic ring is 1. The maximum absolute atomic E-state index is 5.41. The van der Waals surface area contributed by atoms with Crippen LogP contribution < -0.4 is 5.73 Å². The summed E-state index contributed by atoms with van der Waals surface area (Å²) in [4.78, 5) is 5.08. The van der Waals surface area contributed by atoms with E-state index < -0.39 is 0 Å². The molecule has 1 aromatic rings. The monoisotopic (exact) mass is 166 g/mol. The molecule has 0 atom stereocenters. The number of hydrogen-bond donors (Lipinski definition) is 1. The van der Waals surface area contributed by atoms with E-state index in [2.05, 4.69) is 11.6 Å². The van der Waals surface area contributed by atoms with Crippen LogP contribution in [-0.4, -0.2) is 10.7 Å². The number of pyridine rings is 1. The van der Waals surface area contributed by atoms with Crippen molar-refractivity contribution in [3.05, 3.63) is 31.0 Å². The molecular weight excluding hydrogens is 156 g/mol. The van der Waals surface area contributed by atoms with Gasteiger partial charge in [0, 0.05) is 16.8 Å². The van der Waals surface area contributed by atoms with Crippen LogP contribution in [0.25, 0.3) is 0 Å². The van der Waals surface area contributed by atoms with E-state index in [-0.39, 0.29) is 0 Å². The third-order valence-electron chi connectivity index (χ3n) is 1.13. The Morgan fingerprint density at radius 2 is 2.45 bits per heavy atom. The van der Waals surface area contributed by atoms with Gasteiger partial charge in [-0.15, -0.1) is 18.3 Å². The average molecular weight is 166 g/mol. The standard InChI is InChI=1S/C8H10N2S/c1-2-5-11-7-3-4-8(9)10-6-7/h2-4,6H,1,5H2,(H2,9,10). The lowest BCUT2D eigenvalue weighted by Gasteiger charge is -1.96. The number of hydrogen-bond acceptors (Lipinski definition) is 3. The molecule has 2 N–H and O–H groups in total. The Morgan fingerprint density at radius 3 is 3.00 bits per heavy atom. The molecule has 0 amide bonds. The zero-order chi connectivity index (χ0) is 8.10. The molecule has 0 bridgehead atoms. The largest absolute Gasteiger partial charge is 0.384 e. The summed E-state index contributed by atoms with van der Waals surface area (Å²) in [6, 6.07) is 3.75. The summed E-state index contributed by atoms with van der Waals surface area (Å²) in [6.45, 7) is 3.63. The highest BCUT2D eigenvalue weighted by atomic mass is 32.2. The van der Waals surface area contributed by atoms with Gasteiger partial charge in [-0.2, -0.15) is 0 Å². The highest BCUT2D eigenvalue weighted by molar-refractivity contribution is 7.99. The van der Waals surface area contributed by atoms with Crippen molar-refractivity contribution in [3.63, 3.8) is 0 Å². The van der Waals surface area contributed by atoms with Crippen molar-refractivity contribution < 1.29 is 0 Å². The van der Waals surface area contributed by atoms with Crippen molar-refractivity contribution in [1.82, 2.24) is 4.98 Å². The summed E-state index contributed by atoms with van der Waals surface area (Å²) < 4.78 is 0. The van der Waals surface area contributed by atoms with Gasteiger partial charge in [0.1, 0.15) is 5.82 Å². The summed E-state index contributed by atoms with van der Waals surface area (Å²) in [5, 5.41) is 0. The topological polar surface area (TPSA) is 38.9 Å². The molecule has 0 aliphatic heterocycles. The third-order valence-corrected chi connectivity index (χ3v) is 2.10. The molecule has 0 unspecified atom stereocenters. The molecule has 0 aliphatic rings. The van der Waals surface area contributed by atoms with E-state index in [1.54, 1.807) is 24.0 Å². The Balaban J connectivity index is 2.58. The van der Waals surface area contributed by atoms with Crippen molar-refractivity contribution in [1.29, 1.82) is 0 Å². The molecule has 58 valence electrons. The average Bonchev–Trinajstić information content (AvgIpc) is 2.04. The number of nitrogens with zero attached hydrogens (tertiary/aromatic N) is 1. The van der Waals surface area contributed by atoms with Gasteiger partial charge in [-0.05, 0) is 12.1 Å². The fourth-order valence-corrected chi connectivity index (χ4v) is 1.23. The normalized spacial score (nSPS) is 9.45. The molecule has 1 heterocycles. The molecule has 0 aliphatic carbocycles. The van der Waals surface area contributed by atoms with E-state index in [9.17, 15) is 0 Å². The van der Waals surface area contributed by atoms with Crippen molar-refractivity contribution in [2.24, 2.45) is 0 Å². The van der Waals surface area contributed by atoms with Gasteiger partial charge in [0.25, 0.3) is 0 Å². The molecule has 2 nitrogen and oxygen atoms in total. The molecule has 0 fully saturated rings. The van der Waals surface area contributed by atoms with Crippen LogP contribution in [0.3, 0.4) is 0 Å². The lowest BCUT2D eigenvalue weighted by Crippen LogP contribution is -1.87. The lowest BCUT2D eigenvalue weighted by atomic mass is 10.5. The van der Waals surface area contributed by atoms with Gasteiger partial charge in [0.15, 0.2) is 0 Å². The minimum absolute atomic E-state index is 0.563. The highest BCUT2D eigenvalue weighted by Gasteiger charge is 1.90. The number of nitrogens with two attached hydrogens (primary N) is 1. The summed E-state index contributed by atoms with van der Waals surface area (Å²) in [5.74, 6) is 1.47. The molecule has 11 heavy (non-hydrogen) atoms. The molecule has 0 aromatic carbocycles. The van der Waals surface area contributed by atoms with E-state index in [1.807, 2.05) is 12.1 Å². The Labute approximate surface area is 70.5 Å². The summed E-state index contributed by atoms with van der Waals surface area (Å²) >= 11 is 1.69.